The van der Waals surface area contributed by atoms with Gasteiger partial charge in [0.15, 0.2) is 0 Å². The van der Waals surface area contributed by atoms with Gasteiger partial charge in [-0.1, -0.05) is 30.3 Å². The van der Waals surface area contributed by atoms with Crippen LogP contribution in [0.1, 0.15) is 16.8 Å². The number of thiol groups is 1. The van der Waals surface area contributed by atoms with E-state index in [9.17, 15) is 0 Å². The van der Waals surface area contributed by atoms with Crippen molar-refractivity contribution in [3.8, 4) is 11.3 Å². The SMILES string of the molecule is Cn1cc(-c2ccccc2)nc1C(S)c1cn2cccnc2n1. The molecule has 0 N–H and O–H groups in total. The van der Waals surface area contributed by atoms with E-state index in [2.05, 4.69) is 22.1 Å². The molecule has 1 atom stereocenters. The van der Waals surface area contributed by atoms with Crippen molar-refractivity contribution in [3.63, 3.8) is 0 Å². The zero-order valence-electron chi connectivity index (χ0n) is 12.5. The molecule has 23 heavy (non-hydrogen) atoms. The minimum absolute atomic E-state index is 0.209. The third-order valence-electron chi connectivity index (χ3n) is 3.76. The number of aromatic nitrogens is 5. The summed E-state index contributed by atoms with van der Waals surface area (Å²) in [4.78, 5) is 13.5. The van der Waals surface area contributed by atoms with Gasteiger partial charge in [0.1, 0.15) is 11.1 Å². The van der Waals surface area contributed by atoms with E-state index in [1.807, 2.05) is 58.9 Å². The van der Waals surface area contributed by atoms with Gasteiger partial charge >= 0.3 is 0 Å². The van der Waals surface area contributed by atoms with E-state index in [4.69, 9.17) is 17.6 Å². The number of hydrogen-bond acceptors (Lipinski definition) is 4. The van der Waals surface area contributed by atoms with Crippen LogP contribution in [0.25, 0.3) is 17.0 Å². The second-order valence-corrected chi connectivity index (χ2v) is 5.87. The number of aryl methyl sites for hydroxylation is 1. The first-order valence-electron chi connectivity index (χ1n) is 7.29. The van der Waals surface area contributed by atoms with Crippen LogP contribution < -0.4 is 0 Å². The van der Waals surface area contributed by atoms with Gasteiger partial charge in [-0.2, -0.15) is 12.6 Å². The van der Waals surface area contributed by atoms with Crippen LogP contribution in [0.4, 0.5) is 0 Å². The first-order valence-corrected chi connectivity index (χ1v) is 7.80. The molecule has 0 radical (unpaired) electrons. The molecule has 0 spiro atoms. The van der Waals surface area contributed by atoms with Crippen molar-refractivity contribution in [1.82, 2.24) is 23.9 Å². The number of fused-ring (bicyclic) bond motifs is 1. The fourth-order valence-electron chi connectivity index (χ4n) is 2.60. The Morgan fingerprint density at radius 3 is 2.65 bits per heavy atom. The average molecular weight is 321 g/mol. The van der Waals surface area contributed by atoms with Gasteiger partial charge in [-0.3, -0.25) is 4.40 Å². The molecule has 0 aliphatic heterocycles. The average Bonchev–Trinajstić information content (AvgIpc) is 3.18. The molecule has 0 fully saturated rings. The molecule has 4 rings (SSSR count). The summed E-state index contributed by atoms with van der Waals surface area (Å²) in [6.07, 6.45) is 7.61. The third-order valence-corrected chi connectivity index (χ3v) is 4.26. The van der Waals surface area contributed by atoms with Crippen LogP contribution in [-0.4, -0.2) is 23.9 Å². The van der Waals surface area contributed by atoms with Crippen LogP contribution in [-0.2, 0) is 7.05 Å². The Hall–Kier alpha value is -2.60. The van der Waals surface area contributed by atoms with E-state index in [-0.39, 0.29) is 5.25 Å². The van der Waals surface area contributed by atoms with E-state index in [1.54, 1.807) is 6.20 Å². The first-order chi connectivity index (χ1) is 11.2. The summed E-state index contributed by atoms with van der Waals surface area (Å²) in [6, 6.07) is 12.0. The fourth-order valence-corrected chi connectivity index (χ4v) is 2.96. The lowest BCUT2D eigenvalue weighted by atomic mass is 10.2. The van der Waals surface area contributed by atoms with E-state index >= 15 is 0 Å². The Morgan fingerprint density at radius 1 is 1.04 bits per heavy atom. The molecule has 5 nitrogen and oxygen atoms in total. The molecular weight excluding hydrogens is 306 g/mol. The molecule has 1 aromatic carbocycles. The topological polar surface area (TPSA) is 48.0 Å². The van der Waals surface area contributed by atoms with Gasteiger partial charge < -0.3 is 4.57 Å². The molecule has 0 amide bonds. The summed E-state index contributed by atoms with van der Waals surface area (Å²) in [7, 11) is 1.98. The van der Waals surface area contributed by atoms with Gasteiger partial charge in [0.2, 0.25) is 5.78 Å². The molecule has 3 aromatic heterocycles. The maximum Gasteiger partial charge on any atom is 0.233 e. The number of benzene rings is 1. The van der Waals surface area contributed by atoms with E-state index < -0.39 is 0 Å². The van der Waals surface area contributed by atoms with Crippen LogP contribution in [0, 0.1) is 0 Å². The Labute approximate surface area is 139 Å². The van der Waals surface area contributed by atoms with Gasteiger partial charge in [0.05, 0.1) is 11.4 Å². The van der Waals surface area contributed by atoms with Crippen molar-refractivity contribution < 1.29 is 0 Å². The van der Waals surface area contributed by atoms with Crippen molar-refractivity contribution in [2.75, 3.05) is 0 Å². The summed E-state index contributed by atoms with van der Waals surface area (Å²) < 4.78 is 3.89. The van der Waals surface area contributed by atoms with Crippen molar-refractivity contribution in [1.29, 1.82) is 0 Å². The molecule has 3 heterocycles. The highest BCUT2D eigenvalue weighted by atomic mass is 32.1. The van der Waals surface area contributed by atoms with Gasteiger partial charge in [0, 0.05) is 37.4 Å². The predicted molar refractivity (Wildman–Crippen MR) is 92.5 cm³/mol. The lowest BCUT2D eigenvalue weighted by Gasteiger charge is -2.06. The first kappa shape index (κ1) is 14.0. The minimum atomic E-state index is -0.209. The van der Waals surface area contributed by atoms with E-state index in [0.29, 0.717) is 5.78 Å². The molecule has 0 aliphatic carbocycles. The Kier molecular flexibility index (Phi) is 3.38. The largest absolute Gasteiger partial charge is 0.336 e. The maximum atomic E-state index is 4.74. The Bertz CT molecular complexity index is 924. The monoisotopic (exact) mass is 321 g/mol. The molecule has 6 heteroatoms. The summed E-state index contributed by atoms with van der Waals surface area (Å²) >= 11 is 4.73. The molecule has 0 aliphatic rings. The molecule has 4 aromatic rings. The summed E-state index contributed by atoms with van der Waals surface area (Å²) in [5.41, 5.74) is 2.86. The van der Waals surface area contributed by atoms with Gasteiger partial charge in [-0.05, 0) is 6.07 Å². The van der Waals surface area contributed by atoms with Crippen LogP contribution in [0.15, 0.2) is 61.2 Å². The molecule has 0 bridgehead atoms. The summed E-state index contributed by atoms with van der Waals surface area (Å²) in [6.45, 7) is 0. The van der Waals surface area contributed by atoms with Crippen LogP contribution >= 0.6 is 12.6 Å². The summed E-state index contributed by atoms with van der Waals surface area (Å²) in [5, 5.41) is -0.209. The number of rotatable bonds is 3. The van der Waals surface area contributed by atoms with Crippen molar-refractivity contribution >= 4 is 18.4 Å². The third kappa shape index (κ3) is 2.51. The normalized spacial score (nSPS) is 12.6. The van der Waals surface area contributed by atoms with Crippen LogP contribution in [0.3, 0.4) is 0 Å². The number of nitrogens with zero attached hydrogens (tertiary/aromatic N) is 5. The van der Waals surface area contributed by atoms with Gasteiger partial charge in [-0.25, -0.2) is 15.0 Å². The lowest BCUT2D eigenvalue weighted by molar-refractivity contribution is 0.807. The highest BCUT2D eigenvalue weighted by Crippen LogP contribution is 2.29. The highest BCUT2D eigenvalue weighted by molar-refractivity contribution is 7.80. The molecular formula is C17H15N5S. The highest BCUT2D eigenvalue weighted by Gasteiger charge is 2.19. The Morgan fingerprint density at radius 2 is 1.87 bits per heavy atom. The molecule has 1 unspecified atom stereocenters. The predicted octanol–water partition coefficient (Wildman–Crippen LogP) is 3.15. The smallest absolute Gasteiger partial charge is 0.233 e. The maximum absolute atomic E-state index is 4.74. The van der Waals surface area contributed by atoms with Crippen LogP contribution in [0.5, 0.6) is 0 Å². The quantitative estimate of drug-likeness (QED) is 0.590. The minimum Gasteiger partial charge on any atom is -0.336 e. The number of imidazole rings is 2. The van der Waals surface area contributed by atoms with E-state index in [0.717, 1.165) is 22.8 Å². The lowest BCUT2D eigenvalue weighted by Crippen LogP contribution is -2.02. The van der Waals surface area contributed by atoms with Gasteiger partial charge in [-0.15, -0.1) is 0 Å². The second-order valence-electron chi connectivity index (χ2n) is 5.36. The van der Waals surface area contributed by atoms with Crippen molar-refractivity contribution in [2.24, 2.45) is 7.05 Å². The zero-order chi connectivity index (χ0) is 15.8. The van der Waals surface area contributed by atoms with Crippen molar-refractivity contribution in [2.45, 2.75) is 5.25 Å². The Balaban J connectivity index is 1.73. The molecule has 114 valence electrons. The fraction of sp³-hybridized carbons (Fsp3) is 0.118. The zero-order valence-corrected chi connectivity index (χ0v) is 13.4. The molecule has 0 saturated heterocycles. The molecule has 0 saturated carbocycles. The van der Waals surface area contributed by atoms with E-state index in [1.165, 1.54) is 0 Å². The summed E-state index contributed by atoms with van der Waals surface area (Å²) in [5.74, 6) is 1.52. The van der Waals surface area contributed by atoms with Crippen molar-refractivity contribution in [3.05, 3.63) is 72.7 Å². The standard InChI is InChI=1S/C17H15N5S/c1-21-10-13(12-6-3-2-4-7-12)19-16(21)15(23)14-11-22-9-5-8-18-17(22)20-14/h2-11,15,23H,1H3. The van der Waals surface area contributed by atoms with Crippen LogP contribution in [0.2, 0.25) is 0 Å². The second kappa shape index (κ2) is 5.55. The van der Waals surface area contributed by atoms with Gasteiger partial charge in [0.25, 0.3) is 0 Å². The number of hydrogen-bond donors (Lipinski definition) is 1.